The van der Waals surface area contributed by atoms with Crippen LogP contribution in [-0.2, 0) is 19.1 Å². The molecule has 0 heterocycles. The Labute approximate surface area is 220 Å². The summed E-state index contributed by atoms with van der Waals surface area (Å²) < 4.78 is 6.14. The Morgan fingerprint density at radius 1 is 1.08 bits per heavy atom. The highest BCUT2D eigenvalue weighted by molar-refractivity contribution is 5.93. The van der Waals surface area contributed by atoms with Gasteiger partial charge in [-0.1, -0.05) is 30.6 Å². The first-order chi connectivity index (χ1) is 17.6. The lowest BCUT2D eigenvalue weighted by molar-refractivity contribution is -0.164. The average Bonchev–Trinajstić information content (AvgIpc) is 3.13. The summed E-state index contributed by atoms with van der Waals surface area (Å²) in [7, 11) is 1.79. The van der Waals surface area contributed by atoms with Crippen molar-refractivity contribution in [2.45, 2.75) is 84.2 Å². The molecule has 0 unspecified atom stereocenters. The summed E-state index contributed by atoms with van der Waals surface area (Å²) in [5.74, 6) is 7.32. The zero-order valence-electron chi connectivity index (χ0n) is 22.6. The van der Waals surface area contributed by atoms with Gasteiger partial charge in [0.1, 0.15) is 0 Å². The number of ketones is 1. The second-order valence-electron chi connectivity index (χ2n) is 11.5. The molecule has 5 nitrogen and oxygen atoms in total. The van der Waals surface area contributed by atoms with Crippen LogP contribution in [0.1, 0.15) is 84.1 Å². The maximum absolute atomic E-state index is 12.3. The van der Waals surface area contributed by atoms with Crippen LogP contribution < -0.4 is 4.90 Å². The van der Waals surface area contributed by atoms with E-state index in [0.29, 0.717) is 18.3 Å². The molecule has 0 radical (unpaired) electrons. The number of hydrogen-bond acceptors (Lipinski definition) is 4. The van der Waals surface area contributed by atoms with Gasteiger partial charge in [-0.15, -0.1) is 5.92 Å². The largest absolute Gasteiger partial charge is 0.445 e. The van der Waals surface area contributed by atoms with E-state index in [9.17, 15) is 14.4 Å². The molecule has 0 spiro atoms. The molecule has 5 atom stereocenters. The first-order valence-corrected chi connectivity index (χ1v) is 13.5. The van der Waals surface area contributed by atoms with Crippen LogP contribution in [0.15, 0.2) is 47.1 Å². The van der Waals surface area contributed by atoms with Crippen LogP contribution in [0.5, 0.6) is 0 Å². The smallest absolute Gasteiger partial charge is 0.304 e. The molecule has 0 aromatic heterocycles. The van der Waals surface area contributed by atoms with Gasteiger partial charge in [-0.3, -0.25) is 14.4 Å². The minimum Gasteiger partial charge on any atom is -0.445 e. The topological polar surface area (TPSA) is 63.7 Å². The molecule has 0 bridgehead atoms. The number of fused-ring (bicyclic) bond motifs is 4. The highest BCUT2D eigenvalue weighted by Gasteiger charge is 2.65. The minimum atomic E-state index is -0.792. The maximum atomic E-state index is 12.3. The Morgan fingerprint density at radius 2 is 1.81 bits per heavy atom. The molecule has 2 saturated carbocycles. The Bertz CT molecular complexity index is 1280. The van der Waals surface area contributed by atoms with Gasteiger partial charge in [0.25, 0.3) is 0 Å². The number of hydrogen-bond donors (Lipinski definition) is 0. The number of nitrogens with zero attached hydrogens (tertiary/aromatic N) is 1. The molecule has 1 aromatic rings. The maximum Gasteiger partial charge on any atom is 0.304 e. The van der Waals surface area contributed by atoms with Crippen LogP contribution in [0.2, 0.25) is 0 Å². The van der Waals surface area contributed by atoms with Crippen molar-refractivity contribution in [3.8, 4) is 11.8 Å². The Hall–Kier alpha value is -3.13. The van der Waals surface area contributed by atoms with E-state index >= 15 is 0 Å². The molecule has 4 aliphatic rings. The van der Waals surface area contributed by atoms with E-state index in [-0.39, 0.29) is 29.0 Å². The van der Waals surface area contributed by atoms with E-state index in [1.165, 1.54) is 29.2 Å². The van der Waals surface area contributed by atoms with E-state index in [1.54, 1.807) is 18.9 Å². The van der Waals surface area contributed by atoms with Crippen molar-refractivity contribution in [1.29, 1.82) is 0 Å². The standard InChI is InChI=1S/C32H37NO4/c1-6-16-32(37-21(3)35)17-15-29-27-13-9-23-18-25(36)12-14-26(23)30(27)28(19-31(29,32)4)22-7-10-24(11-8-22)33(5)20(2)34/h7-8,10-11,18,27-29H,9,12-15,17,19H2,1-5H3/t27-,28+,29-,31-,32-/m0/s1. The Morgan fingerprint density at radius 3 is 2.46 bits per heavy atom. The summed E-state index contributed by atoms with van der Waals surface area (Å²) in [6.45, 7) is 7.18. The number of carbonyl (C=O) groups is 3. The second kappa shape index (κ2) is 9.31. The van der Waals surface area contributed by atoms with Gasteiger partial charge < -0.3 is 9.64 Å². The van der Waals surface area contributed by atoms with Gasteiger partial charge in [-0.2, -0.15) is 0 Å². The van der Waals surface area contributed by atoms with Crippen molar-refractivity contribution in [2.75, 3.05) is 11.9 Å². The number of allylic oxidation sites excluding steroid dienone is 4. The van der Waals surface area contributed by atoms with Crippen molar-refractivity contribution < 1.29 is 19.1 Å². The molecule has 2 fully saturated rings. The molecule has 5 heteroatoms. The van der Waals surface area contributed by atoms with Crippen LogP contribution in [0.3, 0.4) is 0 Å². The number of carbonyl (C=O) groups excluding carboxylic acids is 3. The van der Waals surface area contributed by atoms with Crippen LogP contribution in [0, 0.1) is 29.1 Å². The predicted octanol–water partition coefficient (Wildman–Crippen LogP) is 5.89. The molecule has 0 N–H and O–H groups in total. The molecular weight excluding hydrogens is 462 g/mol. The van der Waals surface area contributed by atoms with Crippen LogP contribution in [-0.4, -0.2) is 30.3 Å². The van der Waals surface area contributed by atoms with Gasteiger partial charge in [-0.05, 0) is 92.2 Å². The third kappa shape index (κ3) is 4.06. The van der Waals surface area contributed by atoms with Crippen molar-refractivity contribution >= 4 is 23.3 Å². The van der Waals surface area contributed by atoms with E-state index in [0.717, 1.165) is 44.2 Å². The third-order valence-electron chi connectivity index (χ3n) is 9.65. The summed E-state index contributed by atoms with van der Waals surface area (Å²) in [6, 6.07) is 8.34. The zero-order chi connectivity index (χ0) is 26.5. The molecule has 194 valence electrons. The lowest BCUT2D eigenvalue weighted by Crippen LogP contribution is -2.53. The predicted molar refractivity (Wildman–Crippen MR) is 144 cm³/mol. The van der Waals surface area contributed by atoms with Gasteiger partial charge in [0.15, 0.2) is 11.4 Å². The van der Waals surface area contributed by atoms with E-state index in [2.05, 4.69) is 30.9 Å². The van der Waals surface area contributed by atoms with E-state index in [1.807, 2.05) is 25.1 Å². The Balaban J connectivity index is 1.66. The van der Waals surface area contributed by atoms with E-state index < -0.39 is 5.60 Å². The second-order valence-corrected chi connectivity index (χ2v) is 11.5. The number of rotatable bonds is 3. The molecule has 0 saturated heterocycles. The molecular formula is C32H37NO4. The summed E-state index contributed by atoms with van der Waals surface area (Å²) in [5, 5.41) is 0. The number of amides is 1. The van der Waals surface area contributed by atoms with Crippen LogP contribution in [0.4, 0.5) is 5.69 Å². The fraction of sp³-hybridized carbons (Fsp3) is 0.531. The number of benzene rings is 1. The van der Waals surface area contributed by atoms with Gasteiger partial charge >= 0.3 is 5.97 Å². The summed E-state index contributed by atoms with van der Waals surface area (Å²) in [6.07, 6.45) is 7.77. The molecule has 1 aromatic carbocycles. The van der Waals surface area contributed by atoms with Gasteiger partial charge in [0.05, 0.1) is 0 Å². The van der Waals surface area contributed by atoms with Gasteiger partial charge in [-0.25, -0.2) is 0 Å². The number of anilines is 1. The lowest BCUT2D eigenvalue weighted by atomic mass is 9.51. The molecule has 37 heavy (non-hydrogen) atoms. The number of ether oxygens (including phenoxy) is 1. The summed E-state index contributed by atoms with van der Waals surface area (Å²) >= 11 is 0. The van der Waals surface area contributed by atoms with Gasteiger partial charge in [0, 0.05) is 44.3 Å². The normalized spacial score (nSPS) is 32.3. The quantitative estimate of drug-likeness (QED) is 0.384. The third-order valence-corrected chi connectivity index (χ3v) is 9.65. The first-order valence-electron chi connectivity index (χ1n) is 13.5. The van der Waals surface area contributed by atoms with Crippen molar-refractivity contribution in [3.05, 3.63) is 52.6 Å². The van der Waals surface area contributed by atoms with Gasteiger partial charge in [0.2, 0.25) is 5.91 Å². The summed E-state index contributed by atoms with van der Waals surface area (Å²) in [5.41, 5.74) is 5.09. The van der Waals surface area contributed by atoms with Crippen molar-refractivity contribution in [2.24, 2.45) is 17.3 Å². The fourth-order valence-electron chi connectivity index (χ4n) is 7.91. The molecule has 5 rings (SSSR count). The van der Waals surface area contributed by atoms with Crippen molar-refractivity contribution in [3.63, 3.8) is 0 Å². The Kier molecular flexibility index (Phi) is 6.42. The van der Waals surface area contributed by atoms with Crippen LogP contribution >= 0.6 is 0 Å². The minimum absolute atomic E-state index is 0.00467. The highest BCUT2D eigenvalue weighted by atomic mass is 16.6. The first kappa shape index (κ1) is 25.5. The zero-order valence-corrected chi connectivity index (χ0v) is 22.6. The van der Waals surface area contributed by atoms with E-state index in [4.69, 9.17) is 4.74 Å². The fourth-order valence-corrected chi connectivity index (χ4v) is 7.91. The lowest BCUT2D eigenvalue weighted by Gasteiger charge is -2.54. The average molecular weight is 500 g/mol. The molecule has 0 aliphatic heterocycles. The number of esters is 1. The molecule has 4 aliphatic carbocycles. The van der Waals surface area contributed by atoms with Crippen molar-refractivity contribution in [1.82, 2.24) is 0 Å². The van der Waals surface area contributed by atoms with Crippen LogP contribution in [0.25, 0.3) is 0 Å². The summed E-state index contributed by atoms with van der Waals surface area (Å²) in [4.78, 5) is 38.2. The monoisotopic (exact) mass is 499 g/mol. The SMILES string of the molecule is CC#C[C@]1(OC(C)=O)CC[C@H]2[C@@H]3CCC4=CC(=O)CCC4=C3[C@@H](c3ccc(N(C)C(C)=O)cc3)C[C@@]21C. The molecule has 1 amide bonds. The highest BCUT2D eigenvalue weighted by Crippen LogP contribution is 2.67.